The summed E-state index contributed by atoms with van der Waals surface area (Å²) in [6.45, 7) is 14.6. The maximum absolute atomic E-state index is 6.63. The van der Waals surface area contributed by atoms with Crippen molar-refractivity contribution in [3.8, 4) is 0 Å². The van der Waals surface area contributed by atoms with Crippen LogP contribution >= 0.6 is 0 Å². The van der Waals surface area contributed by atoms with Crippen molar-refractivity contribution in [1.82, 2.24) is 0 Å². The highest BCUT2D eigenvalue weighted by atomic mass is 28.4. The minimum atomic E-state index is -1.76. The lowest BCUT2D eigenvalue weighted by Crippen LogP contribution is -2.48. The van der Waals surface area contributed by atoms with Gasteiger partial charge in [0, 0.05) is 0 Å². The van der Waals surface area contributed by atoms with Crippen molar-refractivity contribution in [3.05, 3.63) is 12.2 Å². The smallest absolute Gasteiger partial charge is 0.192 e. The van der Waals surface area contributed by atoms with Crippen molar-refractivity contribution in [2.24, 2.45) is 0 Å². The molecule has 3 nitrogen and oxygen atoms in total. The van der Waals surface area contributed by atoms with E-state index in [-0.39, 0.29) is 23.4 Å². The van der Waals surface area contributed by atoms with Crippen LogP contribution < -0.4 is 0 Å². The minimum absolute atomic E-state index is 0.164. The highest BCUT2D eigenvalue weighted by Gasteiger charge is 2.42. The van der Waals surface area contributed by atoms with Gasteiger partial charge in [0.25, 0.3) is 0 Å². The van der Waals surface area contributed by atoms with Crippen LogP contribution in [-0.4, -0.2) is 39.3 Å². The molecule has 4 atom stereocenters. The Balaban J connectivity index is 2.03. The van der Waals surface area contributed by atoms with Gasteiger partial charge >= 0.3 is 0 Å². The molecule has 0 bridgehead atoms. The largest absolute Gasteiger partial charge is 0.411 e. The molecule has 0 radical (unpaired) electrons. The van der Waals surface area contributed by atoms with Gasteiger partial charge in [-0.15, -0.1) is 0 Å². The Morgan fingerprint density at radius 2 is 1.81 bits per heavy atom. The average molecular weight is 313 g/mol. The molecule has 1 fully saturated rings. The van der Waals surface area contributed by atoms with Crippen LogP contribution in [0, 0.1) is 0 Å². The van der Waals surface area contributed by atoms with Crippen LogP contribution in [0.5, 0.6) is 0 Å². The van der Waals surface area contributed by atoms with E-state index in [9.17, 15) is 0 Å². The summed E-state index contributed by atoms with van der Waals surface area (Å²) >= 11 is 0. The van der Waals surface area contributed by atoms with Crippen LogP contribution in [0.1, 0.15) is 47.0 Å². The molecule has 2 rings (SSSR count). The highest BCUT2D eigenvalue weighted by molar-refractivity contribution is 6.74. The molecule has 0 saturated carbocycles. The molecule has 0 aromatic carbocycles. The maximum Gasteiger partial charge on any atom is 0.192 e. The fourth-order valence-corrected chi connectivity index (χ4v) is 3.95. The summed E-state index contributed by atoms with van der Waals surface area (Å²) in [6.07, 6.45) is 8.30. The van der Waals surface area contributed by atoms with Crippen LogP contribution in [0.15, 0.2) is 12.2 Å². The van der Waals surface area contributed by atoms with Gasteiger partial charge in [0.1, 0.15) is 6.10 Å². The Morgan fingerprint density at radius 3 is 2.33 bits per heavy atom. The summed E-state index contributed by atoms with van der Waals surface area (Å²) in [5.41, 5.74) is 0. The molecule has 0 unspecified atom stereocenters. The van der Waals surface area contributed by atoms with E-state index in [1.54, 1.807) is 0 Å². The van der Waals surface area contributed by atoms with Crippen molar-refractivity contribution in [3.63, 3.8) is 0 Å². The van der Waals surface area contributed by atoms with Gasteiger partial charge in [-0.2, -0.15) is 0 Å². The number of ether oxygens (including phenoxy) is 2. The fourth-order valence-electron chi connectivity index (χ4n) is 2.52. The molecule has 0 N–H and O–H groups in total. The first-order valence-corrected chi connectivity index (χ1v) is 11.3. The van der Waals surface area contributed by atoms with Crippen LogP contribution in [0.4, 0.5) is 0 Å². The van der Waals surface area contributed by atoms with Gasteiger partial charge in [-0.1, -0.05) is 39.8 Å². The monoisotopic (exact) mass is 312 g/mol. The number of hydrogen-bond donors (Lipinski definition) is 0. The van der Waals surface area contributed by atoms with Gasteiger partial charge in [0.05, 0.1) is 24.9 Å². The zero-order chi connectivity index (χ0) is 15.7. The van der Waals surface area contributed by atoms with Crippen molar-refractivity contribution in [2.45, 2.75) is 89.5 Å². The topological polar surface area (TPSA) is 31.0 Å². The lowest BCUT2D eigenvalue weighted by Gasteiger charge is -2.41. The molecule has 1 saturated heterocycles. The SMILES string of the molecule is CC[C@H](O[Si](C)(C)C(C)(C)C)[C@@H]1CC=CC[C@H]([C@@H]2CO2)O1. The van der Waals surface area contributed by atoms with Gasteiger partial charge in [0.2, 0.25) is 0 Å². The molecule has 2 aliphatic rings. The average Bonchev–Trinajstić information content (AvgIpc) is 3.19. The minimum Gasteiger partial charge on any atom is -0.411 e. The quantitative estimate of drug-likeness (QED) is 0.431. The van der Waals surface area contributed by atoms with Crippen LogP contribution in [0.25, 0.3) is 0 Å². The summed E-state index contributed by atoms with van der Waals surface area (Å²) in [6, 6.07) is 0. The third kappa shape index (κ3) is 4.41. The summed E-state index contributed by atoms with van der Waals surface area (Å²) in [4.78, 5) is 0. The van der Waals surface area contributed by atoms with Gasteiger partial charge in [-0.05, 0) is 37.4 Å². The molecule has 0 aliphatic carbocycles. The Labute approximate surface area is 131 Å². The van der Waals surface area contributed by atoms with E-state index >= 15 is 0 Å². The first kappa shape index (κ1) is 17.2. The zero-order valence-electron chi connectivity index (χ0n) is 14.5. The maximum atomic E-state index is 6.63. The first-order valence-electron chi connectivity index (χ1n) is 8.34. The normalized spacial score (nSPS) is 31.8. The number of rotatable bonds is 5. The third-order valence-corrected chi connectivity index (χ3v) is 9.60. The predicted molar refractivity (Wildman–Crippen MR) is 89.1 cm³/mol. The summed E-state index contributed by atoms with van der Waals surface area (Å²) in [7, 11) is -1.76. The molecular formula is C17H32O3Si. The Morgan fingerprint density at radius 1 is 1.19 bits per heavy atom. The Hall–Kier alpha value is -0.163. The van der Waals surface area contributed by atoms with Crippen LogP contribution in [-0.2, 0) is 13.9 Å². The van der Waals surface area contributed by atoms with E-state index in [4.69, 9.17) is 13.9 Å². The fraction of sp³-hybridized carbons (Fsp3) is 0.882. The molecule has 2 heterocycles. The van der Waals surface area contributed by atoms with E-state index < -0.39 is 8.32 Å². The van der Waals surface area contributed by atoms with E-state index in [1.165, 1.54) is 0 Å². The van der Waals surface area contributed by atoms with Crippen LogP contribution in [0.3, 0.4) is 0 Å². The van der Waals surface area contributed by atoms with E-state index in [2.05, 4.69) is 52.9 Å². The molecule has 2 aliphatic heterocycles. The van der Waals surface area contributed by atoms with Crippen molar-refractivity contribution >= 4 is 8.32 Å². The second-order valence-electron chi connectivity index (χ2n) is 7.85. The van der Waals surface area contributed by atoms with Gasteiger partial charge in [0.15, 0.2) is 8.32 Å². The standard InChI is InChI=1S/C17H32O3Si/c1-7-13(20-21(5,6)17(2,3)4)14-10-8-9-11-15(19-14)16-12-18-16/h8-9,13-16H,7,10-12H2,1-6H3/t13-,14-,15+,16-/m0/s1. The Kier molecular flexibility index (Phi) is 5.34. The third-order valence-electron chi connectivity index (χ3n) is 5.10. The second-order valence-corrected chi connectivity index (χ2v) is 12.6. The molecule has 0 spiro atoms. The lowest BCUT2D eigenvalue weighted by molar-refractivity contribution is -0.0749. The highest BCUT2D eigenvalue weighted by Crippen LogP contribution is 2.39. The van der Waals surface area contributed by atoms with Crippen LogP contribution in [0.2, 0.25) is 18.1 Å². The lowest BCUT2D eigenvalue weighted by atomic mass is 10.1. The molecular weight excluding hydrogens is 280 g/mol. The van der Waals surface area contributed by atoms with E-state index in [1.807, 2.05) is 0 Å². The number of epoxide rings is 1. The molecule has 21 heavy (non-hydrogen) atoms. The molecule has 4 heteroatoms. The summed E-state index contributed by atoms with van der Waals surface area (Å²) < 4.78 is 18.4. The van der Waals surface area contributed by atoms with Gasteiger partial charge in [-0.3, -0.25) is 0 Å². The number of hydrogen-bond acceptors (Lipinski definition) is 3. The summed E-state index contributed by atoms with van der Waals surface area (Å²) in [5, 5.41) is 0.236. The van der Waals surface area contributed by atoms with Gasteiger partial charge < -0.3 is 13.9 Å². The van der Waals surface area contributed by atoms with Crippen molar-refractivity contribution in [1.29, 1.82) is 0 Å². The van der Waals surface area contributed by atoms with E-state index in [0.717, 1.165) is 25.9 Å². The van der Waals surface area contributed by atoms with Crippen molar-refractivity contribution in [2.75, 3.05) is 6.61 Å². The molecule has 122 valence electrons. The molecule has 0 aromatic rings. The molecule has 0 aromatic heterocycles. The zero-order valence-corrected chi connectivity index (χ0v) is 15.5. The molecule has 0 amide bonds. The Bertz CT molecular complexity index is 369. The summed E-state index contributed by atoms with van der Waals surface area (Å²) in [5.74, 6) is 0. The second kappa shape index (κ2) is 6.53. The van der Waals surface area contributed by atoms with Gasteiger partial charge in [-0.25, -0.2) is 0 Å². The predicted octanol–water partition coefficient (Wildman–Crippen LogP) is 4.29. The van der Waals surface area contributed by atoms with Crippen molar-refractivity contribution < 1.29 is 13.9 Å². The first-order chi connectivity index (χ1) is 9.74. The van der Waals surface area contributed by atoms with E-state index in [0.29, 0.717) is 6.10 Å².